The van der Waals surface area contributed by atoms with Gasteiger partial charge in [-0.05, 0) is 42.2 Å². The van der Waals surface area contributed by atoms with Crippen molar-refractivity contribution in [2.75, 3.05) is 11.9 Å². The molecule has 1 aromatic heterocycles. The van der Waals surface area contributed by atoms with E-state index in [0.29, 0.717) is 34.4 Å². The van der Waals surface area contributed by atoms with Gasteiger partial charge in [0.1, 0.15) is 17.9 Å². The number of carboxylic acids is 1. The van der Waals surface area contributed by atoms with E-state index >= 15 is 0 Å². The molecule has 1 heterocycles. The van der Waals surface area contributed by atoms with E-state index in [2.05, 4.69) is 5.32 Å². The van der Waals surface area contributed by atoms with Crippen molar-refractivity contribution in [3.05, 3.63) is 75.6 Å². The lowest BCUT2D eigenvalue weighted by Gasteiger charge is -2.07. The average molecular weight is 347 g/mol. The van der Waals surface area contributed by atoms with E-state index in [1.807, 2.05) is 36.4 Å². The third-order valence-corrected chi connectivity index (χ3v) is 4.51. The molecule has 0 fully saturated rings. The standard InChI is InChI=1S/C21H17NO4/c23-19(24)12-22-15-7-9-16-18(11-15)26-21-14(6-8-17(21)20(16)25)10-13-4-2-1-3-5-13/h1-5,7,9-11,22H,6,8,12H2,(H,23,24). The maximum Gasteiger partial charge on any atom is 0.322 e. The molecule has 2 aromatic carbocycles. The van der Waals surface area contributed by atoms with Crippen molar-refractivity contribution >= 4 is 34.3 Å². The molecular weight excluding hydrogens is 330 g/mol. The van der Waals surface area contributed by atoms with Crippen molar-refractivity contribution in [1.82, 2.24) is 0 Å². The average Bonchev–Trinajstić information content (AvgIpc) is 3.04. The molecule has 2 N–H and O–H groups in total. The van der Waals surface area contributed by atoms with E-state index in [-0.39, 0.29) is 12.0 Å². The fourth-order valence-corrected chi connectivity index (χ4v) is 3.27. The molecule has 130 valence electrons. The van der Waals surface area contributed by atoms with Crippen LogP contribution in [0.4, 0.5) is 5.69 Å². The number of rotatable bonds is 4. The molecule has 0 saturated carbocycles. The molecule has 0 spiro atoms. The molecule has 0 atom stereocenters. The summed E-state index contributed by atoms with van der Waals surface area (Å²) in [6.07, 6.45) is 3.49. The van der Waals surface area contributed by atoms with Gasteiger partial charge in [0.25, 0.3) is 0 Å². The van der Waals surface area contributed by atoms with Crippen LogP contribution in [0, 0.1) is 0 Å². The largest absolute Gasteiger partial charge is 0.480 e. The lowest BCUT2D eigenvalue weighted by atomic mass is 10.1. The number of hydrogen-bond acceptors (Lipinski definition) is 4. The summed E-state index contributed by atoms with van der Waals surface area (Å²) in [6.45, 7) is -0.195. The van der Waals surface area contributed by atoms with Gasteiger partial charge >= 0.3 is 5.97 Å². The van der Waals surface area contributed by atoms with Crippen LogP contribution in [0.3, 0.4) is 0 Å². The molecule has 26 heavy (non-hydrogen) atoms. The van der Waals surface area contributed by atoms with E-state index in [4.69, 9.17) is 9.52 Å². The van der Waals surface area contributed by atoms with Crippen molar-refractivity contribution in [1.29, 1.82) is 0 Å². The van der Waals surface area contributed by atoms with Gasteiger partial charge in [0.2, 0.25) is 0 Å². The van der Waals surface area contributed by atoms with Crippen LogP contribution in [0.2, 0.25) is 0 Å². The summed E-state index contributed by atoms with van der Waals surface area (Å²) in [4.78, 5) is 23.5. The van der Waals surface area contributed by atoms with Gasteiger partial charge in [-0.25, -0.2) is 0 Å². The van der Waals surface area contributed by atoms with Crippen LogP contribution in [0.15, 0.2) is 57.7 Å². The number of hydrogen-bond donors (Lipinski definition) is 2. The second-order valence-electron chi connectivity index (χ2n) is 6.28. The third kappa shape index (κ3) is 2.99. The minimum atomic E-state index is -0.950. The molecule has 0 bridgehead atoms. The Balaban J connectivity index is 1.79. The first-order chi connectivity index (χ1) is 12.6. The number of fused-ring (bicyclic) bond motifs is 2. The van der Waals surface area contributed by atoms with Gasteiger partial charge in [-0.3, -0.25) is 9.59 Å². The SMILES string of the molecule is O=C(O)CNc1ccc2c(=O)c3c(oc2c1)C(=Cc1ccccc1)CC3. The van der Waals surface area contributed by atoms with Gasteiger partial charge in [0.05, 0.1) is 5.39 Å². The Labute approximate surface area is 149 Å². The molecule has 5 nitrogen and oxygen atoms in total. The van der Waals surface area contributed by atoms with Crippen molar-refractivity contribution in [3.63, 3.8) is 0 Å². The number of anilines is 1. The minimum absolute atomic E-state index is 0.0116. The predicted octanol–water partition coefficient (Wildman–Crippen LogP) is 3.78. The summed E-state index contributed by atoms with van der Waals surface area (Å²) in [5, 5.41) is 12.1. The number of carboxylic acid groups (broad SMARTS) is 1. The highest BCUT2D eigenvalue weighted by molar-refractivity contribution is 5.88. The number of carbonyl (C=O) groups is 1. The van der Waals surface area contributed by atoms with Crippen LogP contribution in [-0.4, -0.2) is 17.6 Å². The smallest absolute Gasteiger partial charge is 0.322 e. The maximum absolute atomic E-state index is 12.8. The molecule has 4 rings (SSSR count). The number of allylic oxidation sites excluding steroid dienone is 1. The Kier molecular flexibility index (Phi) is 4.05. The van der Waals surface area contributed by atoms with Crippen molar-refractivity contribution in [3.8, 4) is 0 Å². The van der Waals surface area contributed by atoms with Gasteiger partial charge in [0.15, 0.2) is 5.43 Å². The van der Waals surface area contributed by atoms with Gasteiger partial charge < -0.3 is 14.8 Å². The molecule has 1 aliphatic carbocycles. The summed E-state index contributed by atoms with van der Waals surface area (Å²) >= 11 is 0. The lowest BCUT2D eigenvalue weighted by Crippen LogP contribution is -2.13. The molecule has 5 heteroatoms. The number of benzene rings is 2. The van der Waals surface area contributed by atoms with Crippen LogP contribution < -0.4 is 10.7 Å². The van der Waals surface area contributed by atoms with Crippen LogP contribution in [0.5, 0.6) is 0 Å². The summed E-state index contributed by atoms with van der Waals surface area (Å²) < 4.78 is 6.06. The zero-order chi connectivity index (χ0) is 18.1. The normalized spacial score (nSPS) is 14.5. The van der Waals surface area contributed by atoms with Crippen LogP contribution >= 0.6 is 0 Å². The summed E-state index contributed by atoms with van der Waals surface area (Å²) in [5.74, 6) is -0.310. The molecule has 0 unspecified atom stereocenters. The first-order valence-electron chi connectivity index (χ1n) is 8.43. The Bertz CT molecular complexity index is 1080. The Morgan fingerprint density at radius 1 is 1.15 bits per heavy atom. The Hall–Kier alpha value is -3.34. The zero-order valence-corrected chi connectivity index (χ0v) is 14.0. The van der Waals surface area contributed by atoms with Crippen LogP contribution in [0.1, 0.15) is 23.3 Å². The second kappa shape index (κ2) is 6.52. The van der Waals surface area contributed by atoms with E-state index < -0.39 is 5.97 Å². The highest BCUT2D eigenvalue weighted by Gasteiger charge is 2.24. The fourth-order valence-electron chi connectivity index (χ4n) is 3.27. The second-order valence-corrected chi connectivity index (χ2v) is 6.28. The van der Waals surface area contributed by atoms with Crippen molar-refractivity contribution in [2.24, 2.45) is 0 Å². The number of nitrogens with one attached hydrogen (secondary N) is 1. The van der Waals surface area contributed by atoms with E-state index in [9.17, 15) is 9.59 Å². The topological polar surface area (TPSA) is 79.5 Å². The number of aliphatic carboxylic acids is 1. The quantitative estimate of drug-likeness (QED) is 0.751. The maximum atomic E-state index is 12.8. The zero-order valence-electron chi connectivity index (χ0n) is 14.0. The monoisotopic (exact) mass is 347 g/mol. The summed E-state index contributed by atoms with van der Waals surface area (Å²) in [6, 6.07) is 15.0. The first-order valence-corrected chi connectivity index (χ1v) is 8.43. The van der Waals surface area contributed by atoms with E-state index in [1.165, 1.54) is 0 Å². The summed E-state index contributed by atoms with van der Waals surface area (Å²) in [7, 11) is 0. The predicted molar refractivity (Wildman–Crippen MR) is 101 cm³/mol. The van der Waals surface area contributed by atoms with Crippen molar-refractivity contribution < 1.29 is 14.3 Å². The Morgan fingerprint density at radius 2 is 1.96 bits per heavy atom. The van der Waals surface area contributed by atoms with Crippen LogP contribution in [0.25, 0.3) is 22.6 Å². The Morgan fingerprint density at radius 3 is 2.73 bits per heavy atom. The molecule has 0 saturated heterocycles. The van der Waals surface area contributed by atoms with Crippen molar-refractivity contribution in [2.45, 2.75) is 12.8 Å². The minimum Gasteiger partial charge on any atom is -0.480 e. The molecule has 0 aliphatic heterocycles. The fraction of sp³-hybridized carbons (Fsp3) is 0.143. The van der Waals surface area contributed by atoms with Crippen LogP contribution in [-0.2, 0) is 11.2 Å². The first kappa shape index (κ1) is 16.1. The molecule has 0 amide bonds. The van der Waals surface area contributed by atoms with E-state index in [1.54, 1.807) is 18.2 Å². The van der Waals surface area contributed by atoms with Gasteiger partial charge in [-0.1, -0.05) is 30.3 Å². The third-order valence-electron chi connectivity index (χ3n) is 4.51. The molecular formula is C21H17NO4. The lowest BCUT2D eigenvalue weighted by molar-refractivity contribution is -0.134. The summed E-state index contributed by atoms with van der Waals surface area (Å²) in [5.41, 5.74) is 3.84. The van der Waals surface area contributed by atoms with E-state index in [0.717, 1.165) is 17.6 Å². The highest BCUT2D eigenvalue weighted by Crippen LogP contribution is 2.34. The van der Waals surface area contributed by atoms with Gasteiger partial charge in [-0.2, -0.15) is 0 Å². The molecule has 1 aliphatic rings. The molecule has 3 aromatic rings. The molecule has 0 radical (unpaired) electrons. The van der Waals surface area contributed by atoms with Gasteiger partial charge in [0, 0.05) is 17.3 Å². The highest BCUT2D eigenvalue weighted by atomic mass is 16.4. The van der Waals surface area contributed by atoms with Gasteiger partial charge in [-0.15, -0.1) is 0 Å².